The van der Waals surface area contributed by atoms with Gasteiger partial charge in [-0.3, -0.25) is 4.57 Å². The molecule has 3 rings (SSSR count). The largest absolute Gasteiger partial charge is 0.286 e. The molecule has 3 nitrogen and oxygen atoms in total. The molecule has 2 aromatic rings. The van der Waals surface area contributed by atoms with Crippen molar-refractivity contribution in [1.82, 2.24) is 9.55 Å². The van der Waals surface area contributed by atoms with Crippen LogP contribution in [0.15, 0.2) is 30.7 Å². The van der Waals surface area contributed by atoms with E-state index in [1.165, 1.54) is 18.3 Å². The van der Waals surface area contributed by atoms with E-state index < -0.39 is 28.7 Å². The van der Waals surface area contributed by atoms with Gasteiger partial charge in [-0.05, 0) is 24.5 Å². The second-order valence-electron chi connectivity index (χ2n) is 5.38. The fourth-order valence-electron chi connectivity index (χ4n) is 2.55. The first-order chi connectivity index (χ1) is 10.4. The van der Waals surface area contributed by atoms with Gasteiger partial charge in [-0.2, -0.15) is 5.26 Å². The summed E-state index contributed by atoms with van der Waals surface area (Å²) in [4.78, 5) is 2.50. The molecule has 7 heteroatoms. The number of hydrogen-bond donors (Lipinski definition) is 0. The van der Waals surface area contributed by atoms with Crippen LogP contribution in [-0.4, -0.2) is 14.4 Å². The number of halogens is 4. The highest BCUT2D eigenvalue weighted by molar-refractivity contribution is 6.26. The molecule has 1 aliphatic rings. The van der Waals surface area contributed by atoms with E-state index in [4.69, 9.17) is 16.9 Å². The van der Waals surface area contributed by atoms with Crippen molar-refractivity contribution in [2.75, 3.05) is 0 Å². The van der Waals surface area contributed by atoms with Gasteiger partial charge in [0.25, 0.3) is 0 Å². The Morgan fingerprint density at radius 3 is 2.77 bits per heavy atom. The minimum Gasteiger partial charge on any atom is -0.286 e. The Labute approximate surface area is 130 Å². The number of hydrogen-bond acceptors (Lipinski definition) is 2. The maximum Gasteiger partial charge on any atom is 0.211 e. The van der Waals surface area contributed by atoms with E-state index in [1.807, 2.05) is 6.07 Å². The zero-order chi connectivity index (χ0) is 16.0. The molecule has 0 radical (unpaired) electrons. The van der Waals surface area contributed by atoms with Crippen LogP contribution < -0.4 is 0 Å². The Balaban J connectivity index is 2.09. The molecule has 1 aromatic heterocycles. The second kappa shape index (κ2) is 5.03. The Bertz CT molecular complexity index is 764. The standard InChI is InChI=1S/C15H11ClF3N3/c16-14(4-5-14)15(19,22-9-21-8-11(22)7-20)6-10-2-1-3-12(17)13(10)18/h1-3,8-9H,4-6H2. The van der Waals surface area contributed by atoms with Gasteiger partial charge in [0.05, 0.1) is 17.4 Å². The fourth-order valence-corrected chi connectivity index (χ4v) is 2.80. The van der Waals surface area contributed by atoms with Gasteiger partial charge in [0, 0.05) is 6.42 Å². The van der Waals surface area contributed by atoms with Crippen LogP contribution in [0.25, 0.3) is 0 Å². The van der Waals surface area contributed by atoms with Gasteiger partial charge >= 0.3 is 0 Å². The summed E-state index contributed by atoms with van der Waals surface area (Å²) in [6, 6.07) is 5.40. The average Bonchev–Trinajstić information content (AvgIpc) is 3.07. The molecule has 1 unspecified atom stereocenters. The predicted molar refractivity (Wildman–Crippen MR) is 73.9 cm³/mol. The maximum atomic E-state index is 15.7. The summed E-state index contributed by atoms with van der Waals surface area (Å²) in [5.41, 5.74) is -0.154. The Hall–Kier alpha value is -2.00. The number of imidazole rings is 1. The molecule has 0 amide bonds. The van der Waals surface area contributed by atoms with E-state index in [9.17, 15) is 8.78 Å². The van der Waals surface area contributed by atoms with E-state index in [0.717, 1.165) is 17.0 Å². The normalized spacial score (nSPS) is 18.5. The van der Waals surface area contributed by atoms with Crippen LogP contribution in [0.4, 0.5) is 13.2 Å². The minimum atomic E-state index is -2.26. The fraction of sp³-hybridized carbons (Fsp3) is 0.333. The Morgan fingerprint density at radius 2 is 2.14 bits per heavy atom. The molecule has 1 fully saturated rings. The zero-order valence-electron chi connectivity index (χ0n) is 11.4. The van der Waals surface area contributed by atoms with Crippen molar-refractivity contribution < 1.29 is 13.2 Å². The molecule has 0 N–H and O–H groups in total. The highest BCUT2D eigenvalue weighted by Gasteiger charge is 2.61. The highest BCUT2D eigenvalue weighted by Crippen LogP contribution is 2.57. The van der Waals surface area contributed by atoms with Crippen molar-refractivity contribution in [1.29, 1.82) is 5.26 Å². The summed E-state index contributed by atoms with van der Waals surface area (Å²) in [7, 11) is 0. The SMILES string of the molecule is N#Cc1cncn1C(F)(Cc1cccc(F)c1F)C1(Cl)CC1. The number of benzene rings is 1. The lowest BCUT2D eigenvalue weighted by Gasteiger charge is -2.32. The third-order valence-electron chi connectivity index (χ3n) is 3.97. The van der Waals surface area contributed by atoms with Gasteiger partial charge < -0.3 is 0 Å². The first-order valence-electron chi connectivity index (χ1n) is 6.65. The molecule has 22 heavy (non-hydrogen) atoms. The van der Waals surface area contributed by atoms with Crippen LogP contribution in [0, 0.1) is 23.0 Å². The zero-order valence-corrected chi connectivity index (χ0v) is 12.1. The number of rotatable bonds is 4. The molecule has 1 heterocycles. The summed E-state index contributed by atoms with van der Waals surface area (Å²) in [6.45, 7) is 0. The second-order valence-corrected chi connectivity index (χ2v) is 6.10. The van der Waals surface area contributed by atoms with E-state index in [-0.39, 0.29) is 11.3 Å². The van der Waals surface area contributed by atoms with Gasteiger partial charge in [-0.25, -0.2) is 18.2 Å². The van der Waals surface area contributed by atoms with Crippen LogP contribution in [0.2, 0.25) is 0 Å². The molecule has 0 saturated heterocycles. The van der Waals surface area contributed by atoms with E-state index in [0.29, 0.717) is 12.8 Å². The maximum absolute atomic E-state index is 15.7. The molecule has 0 bridgehead atoms. The lowest BCUT2D eigenvalue weighted by Crippen LogP contribution is -2.42. The van der Waals surface area contributed by atoms with Gasteiger partial charge in [0.2, 0.25) is 5.79 Å². The van der Waals surface area contributed by atoms with Crippen LogP contribution in [-0.2, 0) is 12.2 Å². The Morgan fingerprint density at radius 1 is 1.41 bits per heavy atom. The van der Waals surface area contributed by atoms with Crippen LogP contribution in [0.5, 0.6) is 0 Å². The predicted octanol–water partition coefficient (Wildman–Crippen LogP) is 3.67. The number of nitrogens with zero attached hydrogens (tertiary/aromatic N) is 3. The summed E-state index contributed by atoms with van der Waals surface area (Å²) in [6.07, 6.45) is 2.64. The Kier molecular flexibility index (Phi) is 3.41. The number of alkyl halides is 2. The molecule has 1 atom stereocenters. The van der Waals surface area contributed by atoms with Crippen molar-refractivity contribution in [3.8, 4) is 6.07 Å². The quantitative estimate of drug-likeness (QED) is 0.805. The van der Waals surface area contributed by atoms with Gasteiger partial charge in [0.15, 0.2) is 11.6 Å². The molecular formula is C15H11ClF3N3. The molecule has 0 spiro atoms. The molecule has 0 aliphatic heterocycles. The van der Waals surface area contributed by atoms with Crippen LogP contribution in [0.1, 0.15) is 24.1 Å². The molecular weight excluding hydrogens is 315 g/mol. The first-order valence-corrected chi connectivity index (χ1v) is 7.03. The van der Waals surface area contributed by atoms with E-state index in [2.05, 4.69) is 4.98 Å². The summed E-state index contributed by atoms with van der Waals surface area (Å²) >= 11 is 6.26. The summed E-state index contributed by atoms with van der Waals surface area (Å²) < 4.78 is 44.0. The lowest BCUT2D eigenvalue weighted by molar-refractivity contribution is 0.0517. The molecule has 1 saturated carbocycles. The minimum absolute atomic E-state index is 0.0220. The summed E-state index contributed by atoms with van der Waals surface area (Å²) in [5.74, 6) is -4.42. The van der Waals surface area contributed by atoms with Crippen molar-refractivity contribution in [3.05, 3.63) is 53.6 Å². The topological polar surface area (TPSA) is 41.6 Å². The van der Waals surface area contributed by atoms with Gasteiger partial charge in [-0.15, -0.1) is 11.6 Å². The van der Waals surface area contributed by atoms with E-state index >= 15 is 4.39 Å². The number of aromatic nitrogens is 2. The third kappa shape index (κ3) is 2.17. The lowest BCUT2D eigenvalue weighted by atomic mass is 9.97. The van der Waals surface area contributed by atoms with Gasteiger partial charge in [-0.1, -0.05) is 12.1 Å². The van der Waals surface area contributed by atoms with Crippen molar-refractivity contribution in [3.63, 3.8) is 0 Å². The first kappa shape index (κ1) is 14.9. The smallest absolute Gasteiger partial charge is 0.211 e. The molecule has 114 valence electrons. The van der Waals surface area contributed by atoms with Crippen molar-refractivity contribution >= 4 is 11.6 Å². The number of nitriles is 1. The monoisotopic (exact) mass is 325 g/mol. The van der Waals surface area contributed by atoms with Crippen molar-refractivity contribution in [2.45, 2.75) is 29.9 Å². The summed E-state index contributed by atoms with van der Waals surface area (Å²) in [5, 5.41) is 9.07. The molecule has 1 aliphatic carbocycles. The molecule has 1 aromatic carbocycles. The average molecular weight is 326 g/mol. The highest BCUT2D eigenvalue weighted by atomic mass is 35.5. The van der Waals surface area contributed by atoms with Crippen molar-refractivity contribution in [2.24, 2.45) is 0 Å². The van der Waals surface area contributed by atoms with E-state index in [1.54, 1.807) is 0 Å². The van der Waals surface area contributed by atoms with Crippen LogP contribution in [0.3, 0.4) is 0 Å². The van der Waals surface area contributed by atoms with Gasteiger partial charge in [0.1, 0.15) is 11.8 Å². The third-order valence-corrected chi connectivity index (χ3v) is 4.63. The van der Waals surface area contributed by atoms with Crippen LogP contribution >= 0.6 is 11.6 Å².